The van der Waals surface area contributed by atoms with Gasteiger partial charge in [0.1, 0.15) is 0 Å². The lowest BCUT2D eigenvalue weighted by Gasteiger charge is -2.13. The van der Waals surface area contributed by atoms with E-state index in [2.05, 4.69) is 24.1 Å². The fourth-order valence-corrected chi connectivity index (χ4v) is 3.32. The molecular formula is C18H21Cl2N5O2. The van der Waals surface area contributed by atoms with Crippen molar-refractivity contribution in [2.45, 2.75) is 20.4 Å². The standard InChI is InChI=1S/C18H21Cl2N5O2/c1-10(2)8-21-17-22-15-14(16(26)24(4)18(27)23(15)3)25(17)9-11-5-6-12(19)7-13(11)20/h5-7,10H,8-9H2,1-4H3,(H,21,22). The van der Waals surface area contributed by atoms with E-state index in [0.29, 0.717) is 46.2 Å². The van der Waals surface area contributed by atoms with Gasteiger partial charge in [-0.1, -0.05) is 43.1 Å². The van der Waals surface area contributed by atoms with Crippen LogP contribution in [-0.2, 0) is 20.6 Å². The number of hydrogen-bond acceptors (Lipinski definition) is 4. The van der Waals surface area contributed by atoms with Gasteiger partial charge in [-0.3, -0.25) is 18.5 Å². The first-order chi connectivity index (χ1) is 12.7. The van der Waals surface area contributed by atoms with Crippen molar-refractivity contribution in [2.24, 2.45) is 20.0 Å². The maximum atomic E-state index is 12.8. The van der Waals surface area contributed by atoms with Crippen LogP contribution in [0.3, 0.4) is 0 Å². The zero-order chi connectivity index (χ0) is 19.9. The van der Waals surface area contributed by atoms with Gasteiger partial charge in [0, 0.05) is 30.7 Å². The van der Waals surface area contributed by atoms with E-state index < -0.39 is 11.2 Å². The average Bonchev–Trinajstić information content (AvgIpc) is 2.97. The van der Waals surface area contributed by atoms with Crippen molar-refractivity contribution in [1.82, 2.24) is 18.7 Å². The van der Waals surface area contributed by atoms with Crippen molar-refractivity contribution in [3.05, 3.63) is 54.6 Å². The fourth-order valence-electron chi connectivity index (χ4n) is 2.85. The van der Waals surface area contributed by atoms with Crippen molar-refractivity contribution in [1.29, 1.82) is 0 Å². The topological polar surface area (TPSA) is 73.8 Å². The van der Waals surface area contributed by atoms with E-state index in [0.717, 1.165) is 10.1 Å². The lowest BCUT2D eigenvalue weighted by atomic mass is 10.2. The summed E-state index contributed by atoms with van der Waals surface area (Å²) in [6.45, 7) is 5.14. The van der Waals surface area contributed by atoms with Gasteiger partial charge in [0.2, 0.25) is 5.95 Å². The highest BCUT2D eigenvalue weighted by atomic mass is 35.5. The van der Waals surface area contributed by atoms with E-state index >= 15 is 0 Å². The molecule has 9 heteroatoms. The molecule has 0 saturated carbocycles. The fraction of sp³-hybridized carbons (Fsp3) is 0.389. The third kappa shape index (κ3) is 3.61. The quantitative estimate of drug-likeness (QED) is 0.702. The minimum Gasteiger partial charge on any atom is -0.355 e. The number of rotatable bonds is 5. The van der Waals surface area contributed by atoms with Crippen LogP contribution in [0.25, 0.3) is 11.2 Å². The molecule has 3 rings (SSSR count). The Morgan fingerprint density at radius 1 is 1.15 bits per heavy atom. The van der Waals surface area contributed by atoms with Gasteiger partial charge in [0.05, 0.1) is 6.54 Å². The van der Waals surface area contributed by atoms with E-state index in [1.54, 1.807) is 23.7 Å². The second-order valence-electron chi connectivity index (χ2n) is 6.91. The number of imidazole rings is 1. The van der Waals surface area contributed by atoms with Gasteiger partial charge in [0.25, 0.3) is 5.56 Å². The van der Waals surface area contributed by atoms with Crippen LogP contribution in [0.1, 0.15) is 19.4 Å². The summed E-state index contributed by atoms with van der Waals surface area (Å²) in [5, 5.41) is 4.30. The Kier molecular flexibility index (Phi) is 5.35. The number of fused-ring (bicyclic) bond motifs is 1. The predicted molar refractivity (Wildman–Crippen MR) is 109 cm³/mol. The molecule has 0 atom stereocenters. The van der Waals surface area contributed by atoms with Crippen LogP contribution in [0.5, 0.6) is 0 Å². The second-order valence-corrected chi connectivity index (χ2v) is 7.75. The van der Waals surface area contributed by atoms with Crippen LogP contribution in [0, 0.1) is 5.92 Å². The number of halogens is 2. The Bertz CT molecular complexity index is 1130. The second kappa shape index (κ2) is 7.40. The summed E-state index contributed by atoms with van der Waals surface area (Å²) in [6.07, 6.45) is 0. The summed E-state index contributed by atoms with van der Waals surface area (Å²) >= 11 is 12.3. The highest BCUT2D eigenvalue weighted by molar-refractivity contribution is 6.35. The maximum absolute atomic E-state index is 12.8. The number of aromatic nitrogens is 4. The van der Waals surface area contributed by atoms with Crippen LogP contribution < -0.4 is 16.6 Å². The molecule has 3 aromatic rings. The zero-order valence-electron chi connectivity index (χ0n) is 15.6. The number of hydrogen-bond donors (Lipinski definition) is 1. The molecular weight excluding hydrogens is 389 g/mol. The van der Waals surface area contributed by atoms with Gasteiger partial charge in [-0.15, -0.1) is 0 Å². The van der Waals surface area contributed by atoms with E-state index in [1.807, 2.05) is 6.07 Å². The summed E-state index contributed by atoms with van der Waals surface area (Å²) < 4.78 is 4.21. The summed E-state index contributed by atoms with van der Waals surface area (Å²) in [5.74, 6) is 0.895. The number of nitrogens with one attached hydrogen (secondary N) is 1. The van der Waals surface area contributed by atoms with Gasteiger partial charge in [-0.05, 0) is 23.6 Å². The molecule has 0 bridgehead atoms. The van der Waals surface area contributed by atoms with E-state index in [1.165, 1.54) is 11.6 Å². The van der Waals surface area contributed by atoms with Crippen molar-refractivity contribution in [2.75, 3.05) is 11.9 Å². The van der Waals surface area contributed by atoms with E-state index in [4.69, 9.17) is 23.2 Å². The minimum atomic E-state index is -0.419. The number of benzene rings is 1. The largest absolute Gasteiger partial charge is 0.355 e. The molecule has 7 nitrogen and oxygen atoms in total. The van der Waals surface area contributed by atoms with Crippen LogP contribution in [-0.4, -0.2) is 25.2 Å². The van der Waals surface area contributed by atoms with Gasteiger partial charge >= 0.3 is 5.69 Å². The summed E-state index contributed by atoms with van der Waals surface area (Å²) in [6, 6.07) is 5.22. The molecule has 1 aromatic carbocycles. The highest BCUT2D eigenvalue weighted by Crippen LogP contribution is 2.25. The number of anilines is 1. The van der Waals surface area contributed by atoms with Gasteiger partial charge < -0.3 is 5.32 Å². The maximum Gasteiger partial charge on any atom is 0.332 e. The molecule has 0 aliphatic carbocycles. The molecule has 2 aromatic heterocycles. The Morgan fingerprint density at radius 3 is 2.48 bits per heavy atom. The SMILES string of the molecule is CC(C)CNc1nc2c(c(=O)n(C)c(=O)n2C)n1Cc1ccc(Cl)cc1Cl. The predicted octanol–water partition coefficient (Wildman–Crippen LogP) is 2.86. The lowest BCUT2D eigenvalue weighted by Crippen LogP contribution is -2.37. The first-order valence-corrected chi connectivity index (χ1v) is 9.30. The molecule has 0 aliphatic rings. The van der Waals surface area contributed by atoms with Gasteiger partial charge in [-0.2, -0.15) is 4.98 Å². The third-order valence-corrected chi connectivity index (χ3v) is 4.95. The first kappa shape index (κ1) is 19.5. The normalized spacial score (nSPS) is 11.5. The molecule has 27 heavy (non-hydrogen) atoms. The molecule has 0 amide bonds. The van der Waals surface area contributed by atoms with Crippen LogP contribution in [0.2, 0.25) is 10.0 Å². The molecule has 144 valence electrons. The summed E-state index contributed by atoms with van der Waals surface area (Å²) in [7, 11) is 3.06. The molecule has 0 unspecified atom stereocenters. The first-order valence-electron chi connectivity index (χ1n) is 8.54. The molecule has 1 N–H and O–H groups in total. The minimum absolute atomic E-state index is 0.320. The monoisotopic (exact) mass is 409 g/mol. The molecule has 0 aliphatic heterocycles. The average molecular weight is 410 g/mol. The van der Waals surface area contributed by atoms with Crippen LogP contribution in [0.15, 0.2) is 27.8 Å². The Hall–Kier alpha value is -2.25. The lowest BCUT2D eigenvalue weighted by molar-refractivity contribution is 0.677. The van der Waals surface area contributed by atoms with Gasteiger partial charge in [-0.25, -0.2) is 4.79 Å². The van der Waals surface area contributed by atoms with Crippen molar-refractivity contribution in [3.8, 4) is 0 Å². The molecule has 2 heterocycles. The zero-order valence-corrected chi connectivity index (χ0v) is 17.1. The molecule has 0 saturated heterocycles. The van der Waals surface area contributed by atoms with E-state index in [-0.39, 0.29) is 0 Å². The van der Waals surface area contributed by atoms with Crippen molar-refractivity contribution in [3.63, 3.8) is 0 Å². The van der Waals surface area contributed by atoms with E-state index in [9.17, 15) is 9.59 Å². The summed E-state index contributed by atoms with van der Waals surface area (Å²) in [5.41, 5.74) is 0.653. The van der Waals surface area contributed by atoms with Crippen LogP contribution >= 0.6 is 23.2 Å². The molecule has 0 radical (unpaired) electrons. The van der Waals surface area contributed by atoms with Crippen LogP contribution in [0.4, 0.5) is 5.95 Å². The number of nitrogens with zero attached hydrogens (tertiary/aromatic N) is 4. The third-order valence-electron chi connectivity index (χ3n) is 4.36. The smallest absolute Gasteiger partial charge is 0.332 e. The Morgan fingerprint density at radius 2 is 1.85 bits per heavy atom. The van der Waals surface area contributed by atoms with Crippen molar-refractivity contribution < 1.29 is 0 Å². The Labute approximate surface area is 166 Å². The summed E-state index contributed by atoms with van der Waals surface area (Å²) in [4.78, 5) is 29.6. The van der Waals surface area contributed by atoms with Gasteiger partial charge in [0.15, 0.2) is 11.2 Å². The molecule has 0 fully saturated rings. The Balaban J connectivity index is 2.25. The number of aryl methyl sites for hydroxylation is 1. The highest BCUT2D eigenvalue weighted by Gasteiger charge is 2.20. The van der Waals surface area contributed by atoms with Crippen molar-refractivity contribution >= 4 is 40.3 Å². The molecule has 0 spiro atoms.